The quantitative estimate of drug-likeness (QED) is 0.859. The zero-order valence-corrected chi connectivity index (χ0v) is 12.0. The average molecular weight is 272 g/mol. The van der Waals surface area contributed by atoms with Crippen LogP contribution in [-0.4, -0.2) is 28.2 Å². The molecule has 0 radical (unpaired) electrons. The lowest BCUT2D eigenvalue weighted by Gasteiger charge is -2.33. The summed E-state index contributed by atoms with van der Waals surface area (Å²) in [6.07, 6.45) is 3.30. The lowest BCUT2D eigenvalue weighted by molar-refractivity contribution is 0.369. The third-order valence-corrected chi connectivity index (χ3v) is 3.76. The molecule has 2 aromatic heterocycles. The Labute approximate surface area is 119 Å². The Morgan fingerprint density at radius 3 is 2.95 bits per heavy atom. The molecule has 0 spiro atoms. The van der Waals surface area contributed by atoms with Gasteiger partial charge in [0.15, 0.2) is 5.82 Å². The van der Waals surface area contributed by atoms with Crippen LogP contribution in [0.3, 0.4) is 0 Å². The smallest absolute Gasteiger partial charge is 0.223 e. The van der Waals surface area contributed by atoms with Crippen LogP contribution in [0.15, 0.2) is 22.7 Å². The van der Waals surface area contributed by atoms with Gasteiger partial charge in [-0.2, -0.15) is 4.98 Å². The maximum absolute atomic E-state index is 5.05. The first-order chi connectivity index (χ1) is 9.70. The van der Waals surface area contributed by atoms with E-state index in [-0.39, 0.29) is 0 Å². The Morgan fingerprint density at radius 2 is 2.20 bits per heavy atom. The van der Waals surface area contributed by atoms with E-state index in [2.05, 4.69) is 32.2 Å². The Balaban J connectivity index is 1.67. The summed E-state index contributed by atoms with van der Waals surface area (Å²) in [5, 5.41) is 4.00. The largest absolute Gasteiger partial charge is 0.356 e. The van der Waals surface area contributed by atoms with E-state index in [0.29, 0.717) is 11.8 Å². The third kappa shape index (κ3) is 2.98. The predicted molar refractivity (Wildman–Crippen MR) is 76.7 cm³/mol. The molecule has 0 N–H and O–H groups in total. The molecule has 106 valence electrons. The first kappa shape index (κ1) is 13.1. The van der Waals surface area contributed by atoms with Gasteiger partial charge in [-0.15, -0.1) is 0 Å². The highest BCUT2D eigenvalue weighted by atomic mass is 16.5. The zero-order chi connectivity index (χ0) is 13.9. The van der Waals surface area contributed by atoms with E-state index < -0.39 is 0 Å². The van der Waals surface area contributed by atoms with Gasteiger partial charge in [-0.1, -0.05) is 11.2 Å². The molecule has 3 heterocycles. The second-order valence-electron chi connectivity index (χ2n) is 5.53. The third-order valence-electron chi connectivity index (χ3n) is 3.76. The van der Waals surface area contributed by atoms with E-state index in [0.717, 1.165) is 36.8 Å². The van der Waals surface area contributed by atoms with Crippen molar-refractivity contribution in [2.24, 2.45) is 5.92 Å². The van der Waals surface area contributed by atoms with Crippen molar-refractivity contribution in [3.8, 4) is 0 Å². The molecule has 5 nitrogen and oxygen atoms in total. The van der Waals surface area contributed by atoms with Gasteiger partial charge in [-0.3, -0.25) is 0 Å². The average Bonchev–Trinajstić information content (AvgIpc) is 2.84. The Hall–Kier alpha value is -1.91. The van der Waals surface area contributed by atoms with Crippen LogP contribution >= 0.6 is 0 Å². The van der Waals surface area contributed by atoms with Gasteiger partial charge in [-0.25, -0.2) is 4.98 Å². The van der Waals surface area contributed by atoms with E-state index in [9.17, 15) is 0 Å². The summed E-state index contributed by atoms with van der Waals surface area (Å²) >= 11 is 0. The van der Waals surface area contributed by atoms with Crippen molar-refractivity contribution in [3.63, 3.8) is 0 Å². The standard InChI is InChI=1S/C15H20N4O/c1-11-5-3-7-15(16-11)19-8-4-6-13(10-19)9-14-17-12(2)20-18-14/h3,5,7,13H,4,6,8-10H2,1-2H3. The number of piperidine rings is 1. The lowest BCUT2D eigenvalue weighted by atomic mass is 9.94. The SMILES string of the molecule is Cc1cccc(N2CCCC(Cc3noc(C)n3)C2)n1. The van der Waals surface area contributed by atoms with Crippen LogP contribution in [0.2, 0.25) is 0 Å². The van der Waals surface area contributed by atoms with Crippen LogP contribution in [0.1, 0.15) is 30.3 Å². The molecule has 20 heavy (non-hydrogen) atoms. The van der Waals surface area contributed by atoms with Crippen LogP contribution in [0, 0.1) is 19.8 Å². The molecule has 0 aromatic carbocycles. The van der Waals surface area contributed by atoms with Crippen LogP contribution in [0.5, 0.6) is 0 Å². The molecule has 0 saturated carbocycles. The molecule has 0 amide bonds. The molecule has 1 saturated heterocycles. The normalized spacial score (nSPS) is 19.3. The predicted octanol–water partition coefficient (Wildman–Crippen LogP) is 2.54. The Morgan fingerprint density at radius 1 is 1.30 bits per heavy atom. The fourth-order valence-corrected chi connectivity index (χ4v) is 2.83. The Kier molecular flexibility index (Phi) is 3.67. The van der Waals surface area contributed by atoms with Gasteiger partial charge < -0.3 is 9.42 Å². The number of hydrogen-bond donors (Lipinski definition) is 0. The Bertz CT molecular complexity index is 581. The topological polar surface area (TPSA) is 55.1 Å². The van der Waals surface area contributed by atoms with Gasteiger partial charge in [0.25, 0.3) is 0 Å². The van der Waals surface area contributed by atoms with Gasteiger partial charge in [-0.05, 0) is 37.8 Å². The van der Waals surface area contributed by atoms with Crippen molar-refractivity contribution in [2.45, 2.75) is 33.1 Å². The highest BCUT2D eigenvalue weighted by Gasteiger charge is 2.22. The zero-order valence-electron chi connectivity index (χ0n) is 12.0. The van der Waals surface area contributed by atoms with E-state index in [1.54, 1.807) is 0 Å². The number of pyridine rings is 1. The molecule has 0 aliphatic carbocycles. The van der Waals surface area contributed by atoms with Crippen LogP contribution in [0.4, 0.5) is 5.82 Å². The molecule has 1 fully saturated rings. The summed E-state index contributed by atoms with van der Waals surface area (Å²) in [6.45, 7) is 5.97. The van der Waals surface area contributed by atoms with Crippen molar-refractivity contribution in [1.29, 1.82) is 0 Å². The molecule has 1 unspecified atom stereocenters. The number of aromatic nitrogens is 3. The van der Waals surface area contributed by atoms with E-state index >= 15 is 0 Å². The number of anilines is 1. The molecule has 1 aliphatic rings. The minimum Gasteiger partial charge on any atom is -0.356 e. The highest BCUT2D eigenvalue weighted by Crippen LogP contribution is 2.23. The van der Waals surface area contributed by atoms with E-state index in [4.69, 9.17) is 4.52 Å². The van der Waals surface area contributed by atoms with Crippen LogP contribution in [0.25, 0.3) is 0 Å². The first-order valence-electron chi connectivity index (χ1n) is 7.18. The summed E-state index contributed by atoms with van der Waals surface area (Å²) in [7, 11) is 0. The molecular weight excluding hydrogens is 252 g/mol. The van der Waals surface area contributed by atoms with Crippen molar-refractivity contribution in [2.75, 3.05) is 18.0 Å². The van der Waals surface area contributed by atoms with Crippen LogP contribution < -0.4 is 4.90 Å². The molecule has 2 aromatic rings. The maximum atomic E-state index is 5.05. The van der Waals surface area contributed by atoms with Crippen LogP contribution in [-0.2, 0) is 6.42 Å². The van der Waals surface area contributed by atoms with Crippen molar-refractivity contribution >= 4 is 5.82 Å². The number of rotatable bonds is 3. The number of aryl methyl sites for hydroxylation is 2. The van der Waals surface area contributed by atoms with E-state index in [1.807, 2.05) is 19.9 Å². The van der Waals surface area contributed by atoms with Crippen molar-refractivity contribution in [3.05, 3.63) is 35.6 Å². The summed E-state index contributed by atoms with van der Waals surface area (Å²) < 4.78 is 5.05. The fraction of sp³-hybridized carbons (Fsp3) is 0.533. The minimum absolute atomic E-state index is 0.572. The molecular formula is C15H20N4O. The number of nitrogens with zero attached hydrogens (tertiary/aromatic N) is 4. The highest BCUT2D eigenvalue weighted by molar-refractivity contribution is 5.39. The maximum Gasteiger partial charge on any atom is 0.223 e. The van der Waals surface area contributed by atoms with Crippen molar-refractivity contribution in [1.82, 2.24) is 15.1 Å². The summed E-state index contributed by atoms with van der Waals surface area (Å²) in [4.78, 5) is 11.3. The summed E-state index contributed by atoms with van der Waals surface area (Å²) in [6, 6.07) is 6.20. The molecule has 0 bridgehead atoms. The summed E-state index contributed by atoms with van der Waals surface area (Å²) in [5.41, 5.74) is 1.07. The van der Waals surface area contributed by atoms with Gasteiger partial charge in [0.2, 0.25) is 5.89 Å². The molecule has 1 aliphatic heterocycles. The monoisotopic (exact) mass is 272 g/mol. The molecule has 3 rings (SSSR count). The van der Waals surface area contributed by atoms with E-state index in [1.165, 1.54) is 12.8 Å². The van der Waals surface area contributed by atoms with Gasteiger partial charge in [0, 0.05) is 32.1 Å². The second kappa shape index (κ2) is 5.61. The molecule has 5 heteroatoms. The first-order valence-corrected chi connectivity index (χ1v) is 7.18. The fourth-order valence-electron chi connectivity index (χ4n) is 2.83. The van der Waals surface area contributed by atoms with Crippen molar-refractivity contribution < 1.29 is 4.52 Å². The van der Waals surface area contributed by atoms with Gasteiger partial charge in [0.1, 0.15) is 5.82 Å². The molecule has 1 atom stereocenters. The number of hydrogen-bond acceptors (Lipinski definition) is 5. The minimum atomic E-state index is 0.572. The lowest BCUT2D eigenvalue weighted by Crippen LogP contribution is -2.37. The van der Waals surface area contributed by atoms with Gasteiger partial charge >= 0.3 is 0 Å². The second-order valence-corrected chi connectivity index (χ2v) is 5.53. The van der Waals surface area contributed by atoms with Gasteiger partial charge in [0.05, 0.1) is 0 Å². The summed E-state index contributed by atoms with van der Waals surface area (Å²) in [5.74, 6) is 3.13.